The highest BCUT2D eigenvalue weighted by atomic mass is 16.1. The Bertz CT molecular complexity index is 770. The molecule has 1 aliphatic rings. The van der Waals surface area contributed by atoms with Crippen molar-refractivity contribution in [2.24, 2.45) is 18.7 Å². The Morgan fingerprint density at radius 1 is 1.32 bits per heavy atom. The van der Waals surface area contributed by atoms with Gasteiger partial charge in [0.2, 0.25) is 5.91 Å². The van der Waals surface area contributed by atoms with Crippen LogP contribution in [0.25, 0.3) is 0 Å². The maximum absolute atomic E-state index is 12.0. The standard InChI is InChI=1S/C17H27N7O/c1-11-12(6-20-22(11)5)13-7-23(8-14(13)16(18)25)9-15-19-10-21-24(15)17(2,3)4/h6,10,13-14H,7-9H2,1-5H3,(H2,18,25)/t13-,14+/m1/s1. The first-order valence-corrected chi connectivity index (χ1v) is 8.58. The number of nitrogens with zero attached hydrogens (tertiary/aromatic N) is 6. The summed E-state index contributed by atoms with van der Waals surface area (Å²) in [5, 5.41) is 8.67. The van der Waals surface area contributed by atoms with Crippen LogP contribution in [0.4, 0.5) is 0 Å². The number of hydrogen-bond acceptors (Lipinski definition) is 5. The van der Waals surface area contributed by atoms with E-state index in [0.717, 1.165) is 23.6 Å². The van der Waals surface area contributed by atoms with Crippen LogP contribution in [0, 0.1) is 12.8 Å². The Morgan fingerprint density at radius 2 is 2.04 bits per heavy atom. The fraction of sp³-hybridized carbons (Fsp3) is 0.647. The Balaban J connectivity index is 1.83. The average molecular weight is 345 g/mol. The summed E-state index contributed by atoms with van der Waals surface area (Å²) in [6.45, 7) is 10.4. The van der Waals surface area contributed by atoms with Gasteiger partial charge in [0.1, 0.15) is 12.2 Å². The molecule has 8 nitrogen and oxygen atoms in total. The topological polar surface area (TPSA) is 94.9 Å². The van der Waals surface area contributed by atoms with Gasteiger partial charge in [0, 0.05) is 31.7 Å². The lowest BCUT2D eigenvalue weighted by molar-refractivity contribution is -0.121. The van der Waals surface area contributed by atoms with E-state index in [1.807, 2.05) is 29.5 Å². The highest BCUT2D eigenvalue weighted by Crippen LogP contribution is 2.34. The van der Waals surface area contributed by atoms with Crippen molar-refractivity contribution in [3.05, 3.63) is 29.6 Å². The third-order valence-electron chi connectivity index (χ3n) is 5.05. The van der Waals surface area contributed by atoms with Crippen molar-refractivity contribution in [1.29, 1.82) is 0 Å². The van der Waals surface area contributed by atoms with Crippen LogP contribution < -0.4 is 5.73 Å². The molecule has 2 aromatic rings. The van der Waals surface area contributed by atoms with Gasteiger partial charge < -0.3 is 5.73 Å². The van der Waals surface area contributed by atoms with Gasteiger partial charge in [0.05, 0.1) is 24.2 Å². The van der Waals surface area contributed by atoms with E-state index >= 15 is 0 Å². The molecule has 25 heavy (non-hydrogen) atoms. The molecule has 136 valence electrons. The fourth-order valence-electron chi connectivity index (χ4n) is 3.63. The summed E-state index contributed by atoms with van der Waals surface area (Å²) >= 11 is 0. The third-order valence-corrected chi connectivity index (χ3v) is 5.05. The molecule has 0 spiro atoms. The van der Waals surface area contributed by atoms with Gasteiger partial charge in [-0.15, -0.1) is 0 Å². The lowest BCUT2D eigenvalue weighted by Gasteiger charge is -2.23. The summed E-state index contributed by atoms with van der Waals surface area (Å²) in [5.74, 6) is 0.499. The van der Waals surface area contributed by atoms with Gasteiger partial charge in [-0.1, -0.05) is 0 Å². The van der Waals surface area contributed by atoms with E-state index in [2.05, 4.69) is 40.9 Å². The van der Waals surface area contributed by atoms with Crippen LogP contribution in [-0.4, -0.2) is 48.4 Å². The molecule has 0 bridgehead atoms. The largest absolute Gasteiger partial charge is 0.369 e. The number of primary amides is 1. The fourth-order valence-corrected chi connectivity index (χ4v) is 3.63. The monoisotopic (exact) mass is 345 g/mol. The quantitative estimate of drug-likeness (QED) is 0.883. The van der Waals surface area contributed by atoms with Crippen molar-refractivity contribution in [3.63, 3.8) is 0 Å². The Hall–Kier alpha value is -2.22. The van der Waals surface area contributed by atoms with E-state index in [4.69, 9.17) is 5.73 Å². The summed E-state index contributed by atoms with van der Waals surface area (Å²) < 4.78 is 3.78. The maximum Gasteiger partial charge on any atom is 0.222 e. The number of carbonyl (C=O) groups excluding carboxylic acids is 1. The number of aromatic nitrogens is 5. The predicted octanol–water partition coefficient (Wildman–Crippen LogP) is 0.776. The Kier molecular flexibility index (Phi) is 4.40. The first-order valence-electron chi connectivity index (χ1n) is 8.58. The number of amides is 1. The van der Waals surface area contributed by atoms with Crippen molar-refractivity contribution >= 4 is 5.91 Å². The summed E-state index contributed by atoms with van der Waals surface area (Å²) in [6.07, 6.45) is 3.45. The van der Waals surface area contributed by atoms with E-state index < -0.39 is 0 Å². The van der Waals surface area contributed by atoms with Crippen molar-refractivity contribution in [2.45, 2.75) is 45.7 Å². The van der Waals surface area contributed by atoms with Crippen molar-refractivity contribution in [3.8, 4) is 0 Å². The minimum atomic E-state index is -0.256. The van der Waals surface area contributed by atoms with Crippen LogP contribution in [0.1, 0.15) is 43.8 Å². The maximum atomic E-state index is 12.0. The minimum absolute atomic E-state index is 0.0669. The molecule has 0 radical (unpaired) electrons. The first kappa shape index (κ1) is 17.6. The summed E-state index contributed by atoms with van der Waals surface area (Å²) in [4.78, 5) is 18.7. The van der Waals surface area contributed by atoms with Gasteiger partial charge in [-0.05, 0) is 33.3 Å². The second kappa shape index (κ2) is 6.25. The molecule has 2 aromatic heterocycles. The molecule has 0 unspecified atom stereocenters. The smallest absolute Gasteiger partial charge is 0.222 e. The normalized spacial score (nSPS) is 21.8. The molecule has 1 amide bonds. The lowest BCUT2D eigenvalue weighted by Crippen LogP contribution is -2.31. The molecule has 0 aliphatic carbocycles. The Morgan fingerprint density at radius 3 is 2.60 bits per heavy atom. The van der Waals surface area contributed by atoms with Crippen LogP contribution >= 0.6 is 0 Å². The van der Waals surface area contributed by atoms with Gasteiger partial charge in [-0.3, -0.25) is 14.4 Å². The van der Waals surface area contributed by atoms with Crippen LogP contribution in [0.5, 0.6) is 0 Å². The molecule has 3 heterocycles. The second-order valence-electron chi connectivity index (χ2n) is 7.88. The Labute approximate surface area is 148 Å². The number of rotatable bonds is 4. The summed E-state index contributed by atoms with van der Waals surface area (Å²) in [6, 6.07) is 0. The van der Waals surface area contributed by atoms with Crippen molar-refractivity contribution in [2.75, 3.05) is 13.1 Å². The van der Waals surface area contributed by atoms with E-state index in [1.54, 1.807) is 6.33 Å². The lowest BCUT2D eigenvalue weighted by atomic mass is 9.89. The highest BCUT2D eigenvalue weighted by Gasteiger charge is 2.39. The highest BCUT2D eigenvalue weighted by molar-refractivity contribution is 5.78. The van der Waals surface area contributed by atoms with Gasteiger partial charge in [-0.2, -0.15) is 10.2 Å². The molecule has 1 saturated heterocycles. The molecule has 2 N–H and O–H groups in total. The van der Waals surface area contributed by atoms with Crippen LogP contribution in [-0.2, 0) is 23.9 Å². The predicted molar refractivity (Wildman–Crippen MR) is 93.7 cm³/mol. The number of carbonyl (C=O) groups is 1. The zero-order valence-electron chi connectivity index (χ0n) is 15.6. The van der Waals surface area contributed by atoms with Gasteiger partial charge in [0.15, 0.2) is 0 Å². The molecular weight excluding hydrogens is 318 g/mol. The minimum Gasteiger partial charge on any atom is -0.369 e. The zero-order chi connectivity index (χ0) is 18.4. The molecule has 0 aromatic carbocycles. The van der Waals surface area contributed by atoms with Gasteiger partial charge >= 0.3 is 0 Å². The molecule has 3 rings (SSSR count). The van der Waals surface area contributed by atoms with Crippen molar-refractivity contribution in [1.82, 2.24) is 29.4 Å². The van der Waals surface area contributed by atoms with Gasteiger partial charge in [-0.25, -0.2) is 9.67 Å². The van der Waals surface area contributed by atoms with E-state index in [-0.39, 0.29) is 23.3 Å². The van der Waals surface area contributed by atoms with E-state index in [1.165, 1.54) is 0 Å². The first-order chi connectivity index (χ1) is 11.7. The van der Waals surface area contributed by atoms with Crippen LogP contribution in [0.3, 0.4) is 0 Å². The van der Waals surface area contributed by atoms with E-state index in [9.17, 15) is 4.79 Å². The average Bonchev–Trinajstić information content (AvgIpc) is 3.20. The van der Waals surface area contributed by atoms with Crippen LogP contribution in [0.2, 0.25) is 0 Å². The molecule has 8 heteroatoms. The third kappa shape index (κ3) is 3.30. The molecule has 0 saturated carbocycles. The molecule has 1 fully saturated rings. The number of aryl methyl sites for hydroxylation is 1. The SMILES string of the molecule is Cc1c([C@H]2CN(Cc3ncnn3C(C)(C)C)C[C@@H]2C(N)=O)cnn1C. The molecular formula is C17H27N7O. The zero-order valence-corrected chi connectivity index (χ0v) is 15.6. The number of likely N-dealkylation sites (tertiary alicyclic amines) is 1. The summed E-state index contributed by atoms with van der Waals surface area (Å²) in [5.41, 5.74) is 7.74. The molecule has 2 atom stereocenters. The van der Waals surface area contributed by atoms with Crippen molar-refractivity contribution < 1.29 is 4.79 Å². The second-order valence-corrected chi connectivity index (χ2v) is 7.88. The van der Waals surface area contributed by atoms with E-state index in [0.29, 0.717) is 13.1 Å². The summed E-state index contributed by atoms with van der Waals surface area (Å²) in [7, 11) is 1.91. The van der Waals surface area contributed by atoms with Gasteiger partial charge in [0.25, 0.3) is 0 Å². The number of hydrogen-bond donors (Lipinski definition) is 1. The number of nitrogens with two attached hydrogens (primary N) is 1. The van der Waals surface area contributed by atoms with Crippen LogP contribution in [0.15, 0.2) is 12.5 Å². The molecule has 1 aliphatic heterocycles.